The van der Waals surface area contributed by atoms with Crippen LogP contribution in [-0.2, 0) is 0 Å². The molecule has 1 saturated heterocycles. The second kappa shape index (κ2) is 7.87. The molecule has 5 nitrogen and oxygen atoms in total. The number of methoxy groups -OCH3 is 1. The average molecular weight is 374 g/mol. The lowest BCUT2D eigenvalue weighted by Crippen LogP contribution is -2.50. The Hall–Kier alpha value is -2.40. The SMILES string of the molecule is COc1ccc(N2CCN(C(=O)Nc3c(C)cccc3C)CC2)cc1Cl. The van der Waals surface area contributed by atoms with Crippen molar-refractivity contribution < 1.29 is 9.53 Å². The van der Waals surface area contributed by atoms with Gasteiger partial charge in [-0.15, -0.1) is 0 Å². The van der Waals surface area contributed by atoms with Crippen LogP contribution in [0.1, 0.15) is 11.1 Å². The molecule has 2 amide bonds. The molecule has 0 saturated carbocycles. The lowest BCUT2D eigenvalue weighted by Gasteiger charge is -2.36. The van der Waals surface area contributed by atoms with Crippen LogP contribution in [0.5, 0.6) is 5.75 Å². The van der Waals surface area contributed by atoms with E-state index in [4.69, 9.17) is 16.3 Å². The van der Waals surface area contributed by atoms with Gasteiger partial charge in [0.15, 0.2) is 0 Å². The van der Waals surface area contributed by atoms with Crippen LogP contribution in [0.25, 0.3) is 0 Å². The van der Waals surface area contributed by atoms with E-state index in [1.807, 2.05) is 55.1 Å². The predicted molar refractivity (Wildman–Crippen MR) is 107 cm³/mol. The first-order valence-electron chi connectivity index (χ1n) is 8.70. The minimum absolute atomic E-state index is 0.0465. The zero-order chi connectivity index (χ0) is 18.7. The smallest absolute Gasteiger partial charge is 0.321 e. The van der Waals surface area contributed by atoms with Gasteiger partial charge in [0.25, 0.3) is 0 Å². The van der Waals surface area contributed by atoms with Crippen molar-refractivity contribution in [2.24, 2.45) is 0 Å². The van der Waals surface area contributed by atoms with E-state index in [0.717, 1.165) is 35.6 Å². The molecule has 0 spiro atoms. The van der Waals surface area contributed by atoms with Crippen molar-refractivity contribution in [3.05, 3.63) is 52.5 Å². The van der Waals surface area contributed by atoms with Crippen molar-refractivity contribution in [3.63, 3.8) is 0 Å². The highest BCUT2D eigenvalue weighted by atomic mass is 35.5. The maximum Gasteiger partial charge on any atom is 0.321 e. The van der Waals surface area contributed by atoms with E-state index in [9.17, 15) is 4.79 Å². The number of nitrogens with zero attached hydrogens (tertiary/aromatic N) is 2. The molecule has 0 aromatic heterocycles. The molecule has 1 aliphatic rings. The fourth-order valence-corrected chi connectivity index (χ4v) is 3.47. The van der Waals surface area contributed by atoms with E-state index in [1.165, 1.54) is 0 Å². The number of para-hydroxylation sites is 1. The molecular weight excluding hydrogens is 350 g/mol. The molecular formula is C20H24ClN3O2. The summed E-state index contributed by atoms with van der Waals surface area (Å²) in [5, 5.41) is 3.66. The molecule has 6 heteroatoms. The number of carbonyl (C=O) groups is 1. The summed E-state index contributed by atoms with van der Waals surface area (Å²) in [6.45, 7) is 6.88. The predicted octanol–water partition coefficient (Wildman–Crippen LogP) is 4.32. The van der Waals surface area contributed by atoms with Crippen LogP contribution in [0.15, 0.2) is 36.4 Å². The Kier molecular flexibility index (Phi) is 5.57. The Balaban J connectivity index is 1.61. The van der Waals surface area contributed by atoms with Crippen LogP contribution in [0.4, 0.5) is 16.2 Å². The van der Waals surface area contributed by atoms with Gasteiger partial charge in [0.05, 0.1) is 12.1 Å². The summed E-state index contributed by atoms with van der Waals surface area (Å²) >= 11 is 6.22. The third-order valence-electron chi connectivity index (χ3n) is 4.78. The summed E-state index contributed by atoms with van der Waals surface area (Å²) in [5.41, 5.74) is 4.10. The van der Waals surface area contributed by atoms with Gasteiger partial charge in [0.1, 0.15) is 5.75 Å². The first kappa shape index (κ1) is 18.4. The Morgan fingerprint density at radius 3 is 2.31 bits per heavy atom. The van der Waals surface area contributed by atoms with Gasteiger partial charge in [-0.2, -0.15) is 0 Å². The number of hydrogen-bond acceptors (Lipinski definition) is 3. The fourth-order valence-electron chi connectivity index (χ4n) is 3.22. The largest absolute Gasteiger partial charge is 0.495 e. The third kappa shape index (κ3) is 3.88. The van der Waals surface area contributed by atoms with Crippen LogP contribution in [0, 0.1) is 13.8 Å². The number of aryl methyl sites for hydroxylation is 2. The second-order valence-corrected chi connectivity index (χ2v) is 6.90. The van der Waals surface area contributed by atoms with Crippen molar-refractivity contribution in [2.45, 2.75) is 13.8 Å². The Labute approximate surface area is 159 Å². The number of ether oxygens (including phenoxy) is 1. The maximum atomic E-state index is 12.6. The summed E-state index contributed by atoms with van der Waals surface area (Å²) in [7, 11) is 1.61. The minimum atomic E-state index is -0.0465. The molecule has 0 atom stereocenters. The number of piperazine rings is 1. The fraction of sp³-hybridized carbons (Fsp3) is 0.350. The number of anilines is 2. The molecule has 138 valence electrons. The van der Waals surface area contributed by atoms with Crippen molar-refractivity contribution in [2.75, 3.05) is 43.5 Å². The normalized spacial score (nSPS) is 14.3. The summed E-state index contributed by atoms with van der Waals surface area (Å²) < 4.78 is 5.20. The molecule has 0 bridgehead atoms. The molecule has 1 heterocycles. The van der Waals surface area contributed by atoms with Crippen LogP contribution in [-0.4, -0.2) is 44.2 Å². The van der Waals surface area contributed by atoms with Crippen molar-refractivity contribution in [1.82, 2.24) is 4.90 Å². The van der Waals surface area contributed by atoms with E-state index < -0.39 is 0 Å². The number of carbonyl (C=O) groups excluding carboxylic acids is 1. The highest BCUT2D eigenvalue weighted by molar-refractivity contribution is 6.32. The van der Waals surface area contributed by atoms with Crippen molar-refractivity contribution >= 4 is 29.0 Å². The van der Waals surface area contributed by atoms with E-state index >= 15 is 0 Å². The lowest BCUT2D eigenvalue weighted by molar-refractivity contribution is 0.208. The van der Waals surface area contributed by atoms with E-state index in [-0.39, 0.29) is 6.03 Å². The molecule has 2 aromatic carbocycles. The summed E-state index contributed by atoms with van der Waals surface area (Å²) in [5.74, 6) is 0.669. The van der Waals surface area contributed by atoms with E-state index in [0.29, 0.717) is 23.9 Å². The summed E-state index contributed by atoms with van der Waals surface area (Å²) in [6, 6.07) is 11.7. The average Bonchev–Trinajstić information content (AvgIpc) is 2.65. The highest BCUT2D eigenvalue weighted by Gasteiger charge is 2.22. The number of urea groups is 1. The summed E-state index contributed by atoms with van der Waals surface area (Å²) in [4.78, 5) is 16.7. The van der Waals surface area contributed by atoms with Crippen LogP contribution in [0.2, 0.25) is 5.02 Å². The highest BCUT2D eigenvalue weighted by Crippen LogP contribution is 2.29. The number of hydrogen-bond donors (Lipinski definition) is 1. The number of nitrogens with one attached hydrogen (secondary N) is 1. The van der Waals surface area contributed by atoms with Gasteiger partial charge in [0, 0.05) is 37.6 Å². The van der Waals surface area contributed by atoms with Gasteiger partial charge in [-0.1, -0.05) is 29.8 Å². The van der Waals surface area contributed by atoms with E-state index in [2.05, 4.69) is 10.2 Å². The lowest BCUT2D eigenvalue weighted by atomic mass is 10.1. The standard InChI is InChI=1S/C20H24ClN3O2/c1-14-5-4-6-15(2)19(14)22-20(25)24-11-9-23(10-12-24)16-7-8-18(26-3)17(21)13-16/h4-8,13H,9-12H2,1-3H3,(H,22,25). The van der Waals surface area contributed by atoms with Gasteiger partial charge < -0.3 is 19.9 Å². The molecule has 1 N–H and O–H groups in total. The van der Waals surface area contributed by atoms with E-state index in [1.54, 1.807) is 7.11 Å². The Morgan fingerprint density at radius 1 is 1.08 bits per heavy atom. The van der Waals surface area contributed by atoms with Gasteiger partial charge >= 0.3 is 6.03 Å². The zero-order valence-electron chi connectivity index (χ0n) is 15.4. The maximum absolute atomic E-state index is 12.6. The number of halogens is 1. The summed E-state index contributed by atoms with van der Waals surface area (Å²) in [6.07, 6.45) is 0. The molecule has 2 aromatic rings. The molecule has 0 unspecified atom stereocenters. The second-order valence-electron chi connectivity index (χ2n) is 6.49. The van der Waals surface area contributed by atoms with Crippen LogP contribution in [0.3, 0.4) is 0 Å². The minimum Gasteiger partial charge on any atom is -0.495 e. The quantitative estimate of drug-likeness (QED) is 0.871. The monoisotopic (exact) mass is 373 g/mol. The molecule has 0 aliphatic carbocycles. The molecule has 1 fully saturated rings. The number of benzene rings is 2. The molecule has 0 radical (unpaired) electrons. The van der Waals surface area contributed by atoms with Crippen LogP contribution >= 0.6 is 11.6 Å². The Morgan fingerprint density at radius 2 is 1.73 bits per heavy atom. The molecule has 1 aliphatic heterocycles. The first-order valence-corrected chi connectivity index (χ1v) is 9.08. The third-order valence-corrected chi connectivity index (χ3v) is 5.08. The zero-order valence-corrected chi connectivity index (χ0v) is 16.1. The molecule has 26 heavy (non-hydrogen) atoms. The van der Waals surface area contributed by atoms with Crippen LogP contribution < -0.4 is 15.0 Å². The van der Waals surface area contributed by atoms with Crippen molar-refractivity contribution in [3.8, 4) is 5.75 Å². The Bertz CT molecular complexity index is 781. The number of amides is 2. The number of rotatable bonds is 3. The van der Waals surface area contributed by atoms with Gasteiger partial charge in [-0.3, -0.25) is 0 Å². The molecule has 3 rings (SSSR count). The van der Waals surface area contributed by atoms with Gasteiger partial charge in [0.2, 0.25) is 0 Å². The first-order chi connectivity index (χ1) is 12.5. The van der Waals surface area contributed by atoms with Gasteiger partial charge in [-0.25, -0.2) is 4.79 Å². The van der Waals surface area contributed by atoms with Crippen molar-refractivity contribution in [1.29, 1.82) is 0 Å². The van der Waals surface area contributed by atoms with Gasteiger partial charge in [-0.05, 0) is 43.2 Å². The topological polar surface area (TPSA) is 44.8 Å².